The van der Waals surface area contributed by atoms with Crippen LogP contribution in [0.3, 0.4) is 0 Å². The summed E-state index contributed by atoms with van der Waals surface area (Å²) in [4.78, 5) is 0. The van der Waals surface area contributed by atoms with Crippen LogP contribution in [0.5, 0.6) is 0 Å². The average molecular weight is 123 g/mol. The first-order valence-corrected chi connectivity index (χ1v) is 2.68. The fourth-order valence-electron chi connectivity index (χ4n) is 0.324. The van der Waals surface area contributed by atoms with E-state index in [9.17, 15) is 0 Å². The number of nitrogens with zero attached hydrogens (tertiary/aromatic N) is 1. The lowest BCUT2D eigenvalue weighted by Gasteiger charge is -1.85. The van der Waals surface area contributed by atoms with Gasteiger partial charge in [0.25, 0.3) is 0 Å². The highest BCUT2D eigenvalue weighted by Crippen LogP contribution is 1.83. The zero-order chi connectivity index (χ0) is 7.11. The van der Waals surface area contributed by atoms with Crippen molar-refractivity contribution in [3.05, 3.63) is 24.3 Å². The smallest absolute Gasteiger partial charge is 0.159 e. The Bertz CT molecular complexity index is 153. The molecule has 0 bridgehead atoms. The molecule has 0 rings (SSSR count). The van der Waals surface area contributed by atoms with Gasteiger partial charge in [-0.3, -0.25) is 0 Å². The minimum absolute atomic E-state index is 0.971. The molecule has 0 radical (unpaired) electrons. The van der Waals surface area contributed by atoms with E-state index in [0.29, 0.717) is 0 Å². The van der Waals surface area contributed by atoms with Gasteiger partial charge in [-0.1, -0.05) is 18.2 Å². The lowest BCUT2D eigenvalue weighted by Crippen LogP contribution is -1.94. The maximum atomic E-state index is 8.60. The molecule has 2 nitrogen and oxygen atoms in total. The second-order valence-electron chi connectivity index (χ2n) is 1.48. The number of aliphatic hydroxyl groups is 1. The number of aliphatic hydroxyl groups excluding tert-OH is 1. The zero-order valence-electron chi connectivity index (χ0n) is 5.28. The second kappa shape index (κ2) is 5.07. The number of rotatable bonds is 2. The summed E-state index contributed by atoms with van der Waals surface area (Å²) < 4.78 is 0. The van der Waals surface area contributed by atoms with Crippen LogP contribution in [0.15, 0.2) is 24.3 Å². The third kappa shape index (κ3) is 4.79. The number of hydrogen-bond acceptors (Lipinski definition) is 2. The third-order valence-corrected chi connectivity index (χ3v) is 0.729. The average Bonchev–Trinajstić information content (AvgIpc) is 1.89. The molecule has 0 aromatic rings. The van der Waals surface area contributed by atoms with Gasteiger partial charge in [-0.15, -0.1) is 0 Å². The second-order valence-corrected chi connectivity index (χ2v) is 1.48. The van der Waals surface area contributed by atoms with E-state index in [1.807, 2.05) is 13.0 Å². The van der Waals surface area contributed by atoms with Crippen molar-refractivity contribution in [2.75, 3.05) is 0 Å². The lowest BCUT2D eigenvalue weighted by atomic mass is 10.3. The fraction of sp³-hybridized carbons (Fsp3) is 0.286. The van der Waals surface area contributed by atoms with Crippen molar-refractivity contribution in [1.82, 2.24) is 0 Å². The van der Waals surface area contributed by atoms with Crippen molar-refractivity contribution in [3.63, 3.8) is 0 Å². The SMILES string of the molecule is C/C=C/C=C/[C@H](O)C#N. The van der Waals surface area contributed by atoms with Gasteiger partial charge in [-0.2, -0.15) is 5.26 Å². The molecule has 0 aromatic heterocycles. The Balaban J connectivity index is 3.60. The number of allylic oxidation sites excluding steroid dienone is 3. The van der Waals surface area contributed by atoms with Gasteiger partial charge in [0.1, 0.15) is 0 Å². The summed E-state index contributed by atoms with van der Waals surface area (Å²) in [6.45, 7) is 1.86. The zero-order valence-corrected chi connectivity index (χ0v) is 5.28. The van der Waals surface area contributed by atoms with E-state index >= 15 is 0 Å². The Morgan fingerprint density at radius 3 is 2.67 bits per heavy atom. The van der Waals surface area contributed by atoms with Crippen molar-refractivity contribution < 1.29 is 5.11 Å². The summed E-state index contributed by atoms with van der Waals surface area (Å²) in [6.07, 6.45) is 5.65. The molecule has 0 aliphatic rings. The minimum atomic E-state index is -0.971. The van der Waals surface area contributed by atoms with E-state index in [-0.39, 0.29) is 0 Å². The van der Waals surface area contributed by atoms with Crippen LogP contribution in [0.2, 0.25) is 0 Å². The van der Waals surface area contributed by atoms with Gasteiger partial charge in [0.2, 0.25) is 0 Å². The third-order valence-electron chi connectivity index (χ3n) is 0.729. The Morgan fingerprint density at radius 1 is 1.56 bits per heavy atom. The molecule has 0 unspecified atom stereocenters. The topological polar surface area (TPSA) is 44.0 Å². The monoisotopic (exact) mass is 123 g/mol. The van der Waals surface area contributed by atoms with Crippen molar-refractivity contribution in [2.24, 2.45) is 0 Å². The molecule has 0 heterocycles. The Labute approximate surface area is 54.7 Å². The van der Waals surface area contributed by atoms with Crippen LogP contribution in [0.1, 0.15) is 6.92 Å². The summed E-state index contributed by atoms with van der Waals surface area (Å²) in [5.41, 5.74) is 0. The predicted molar refractivity (Wildman–Crippen MR) is 35.6 cm³/mol. The van der Waals surface area contributed by atoms with Crippen LogP contribution in [-0.4, -0.2) is 11.2 Å². The fourth-order valence-corrected chi connectivity index (χ4v) is 0.324. The van der Waals surface area contributed by atoms with E-state index in [4.69, 9.17) is 10.4 Å². The van der Waals surface area contributed by atoms with Crippen LogP contribution < -0.4 is 0 Å². The summed E-state index contributed by atoms with van der Waals surface area (Å²) in [7, 11) is 0. The van der Waals surface area contributed by atoms with Crippen molar-refractivity contribution in [2.45, 2.75) is 13.0 Å². The first kappa shape index (κ1) is 7.93. The minimum Gasteiger partial charge on any atom is -0.374 e. The molecule has 9 heavy (non-hydrogen) atoms. The van der Waals surface area contributed by atoms with Gasteiger partial charge in [-0.05, 0) is 13.0 Å². The standard InChI is InChI=1S/C7H9NO/c1-2-3-4-5-7(9)6-8/h2-5,7,9H,1H3/b3-2+,5-4+/t7-/m0/s1. The molecule has 0 spiro atoms. The maximum Gasteiger partial charge on any atom is 0.159 e. The molecule has 1 N–H and O–H groups in total. The van der Waals surface area contributed by atoms with Crippen molar-refractivity contribution >= 4 is 0 Å². The number of nitriles is 1. The molecule has 0 aliphatic heterocycles. The van der Waals surface area contributed by atoms with Gasteiger partial charge in [0, 0.05) is 0 Å². The molecule has 0 aliphatic carbocycles. The van der Waals surface area contributed by atoms with E-state index in [1.54, 1.807) is 18.2 Å². The molecule has 0 amide bonds. The van der Waals surface area contributed by atoms with E-state index in [0.717, 1.165) is 0 Å². The normalized spacial score (nSPS) is 14.3. The summed E-state index contributed by atoms with van der Waals surface area (Å²) in [5, 5.41) is 16.7. The van der Waals surface area contributed by atoms with Crippen LogP contribution in [0.4, 0.5) is 0 Å². The predicted octanol–water partition coefficient (Wildman–Crippen LogP) is 1.00. The Hall–Kier alpha value is -1.07. The van der Waals surface area contributed by atoms with E-state index < -0.39 is 6.10 Å². The molecule has 0 fully saturated rings. The largest absolute Gasteiger partial charge is 0.374 e. The molecule has 0 saturated carbocycles. The summed E-state index contributed by atoms with van der Waals surface area (Å²) in [5.74, 6) is 0. The first-order valence-electron chi connectivity index (χ1n) is 2.68. The van der Waals surface area contributed by atoms with Crippen molar-refractivity contribution in [3.8, 4) is 6.07 Å². The summed E-state index contributed by atoms with van der Waals surface area (Å²) >= 11 is 0. The molecule has 0 saturated heterocycles. The van der Waals surface area contributed by atoms with Crippen LogP contribution in [-0.2, 0) is 0 Å². The lowest BCUT2D eigenvalue weighted by molar-refractivity contribution is 0.278. The van der Waals surface area contributed by atoms with Gasteiger partial charge in [0.15, 0.2) is 6.10 Å². The van der Waals surface area contributed by atoms with Crippen LogP contribution in [0.25, 0.3) is 0 Å². The maximum absolute atomic E-state index is 8.60. The Morgan fingerprint density at radius 2 is 2.22 bits per heavy atom. The van der Waals surface area contributed by atoms with Crippen LogP contribution in [0, 0.1) is 11.3 Å². The quantitative estimate of drug-likeness (QED) is 0.439. The van der Waals surface area contributed by atoms with E-state index in [2.05, 4.69) is 0 Å². The van der Waals surface area contributed by atoms with Gasteiger partial charge in [0.05, 0.1) is 6.07 Å². The molecular weight excluding hydrogens is 114 g/mol. The summed E-state index contributed by atoms with van der Waals surface area (Å²) in [6, 6.07) is 1.66. The molecule has 2 heteroatoms. The van der Waals surface area contributed by atoms with Gasteiger partial charge in [-0.25, -0.2) is 0 Å². The van der Waals surface area contributed by atoms with Crippen molar-refractivity contribution in [1.29, 1.82) is 5.26 Å². The van der Waals surface area contributed by atoms with Gasteiger partial charge < -0.3 is 5.11 Å². The molecule has 0 aromatic carbocycles. The van der Waals surface area contributed by atoms with Gasteiger partial charge >= 0.3 is 0 Å². The first-order chi connectivity index (χ1) is 4.31. The van der Waals surface area contributed by atoms with E-state index in [1.165, 1.54) is 6.08 Å². The highest BCUT2D eigenvalue weighted by Gasteiger charge is 1.88. The highest BCUT2D eigenvalue weighted by molar-refractivity contribution is 5.08. The number of hydrogen-bond donors (Lipinski definition) is 1. The van der Waals surface area contributed by atoms with Crippen LogP contribution >= 0.6 is 0 Å². The molecule has 1 atom stereocenters. The highest BCUT2D eigenvalue weighted by atomic mass is 16.3. The molecular formula is C7H9NO. The molecule has 48 valence electrons. The Kier molecular flexibility index (Phi) is 4.47.